The highest BCUT2D eigenvalue weighted by molar-refractivity contribution is 5.94. The molecule has 2 aromatic rings. The topological polar surface area (TPSA) is 82.6 Å². The largest absolute Gasteiger partial charge is 0.497 e. The zero-order valence-corrected chi connectivity index (χ0v) is 15.5. The summed E-state index contributed by atoms with van der Waals surface area (Å²) >= 11 is 0. The van der Waals surface area contributed by atoms with E-state index in [1.54, 1.807) is 12.0 Å². The average Bonchev–Trinajstić information content (AvgIpc) is 3.07. The molecule has 0 unspecified atom stereocenters. The molecule has 6 nitrogen and oxygen atoms in total. The summed E-state index contributed by atoms with van der Waals surface area (Å²) in [7, 11) is 1.66. The molecule has 2 N–H and O–H groups in total. The standard InChI is InChI=1S/C21H24N2O4/c1-27-15-3-4-18-16(11-15)17(13-22-18)14-5-9-23(10-6-14)19(24)12-21(20(25)26)7-2-8-21/h3-5,11,13,22H,2,6-10,12H2,1H3,(H,25,26). The first-order valence-corrected chi connectivity index (χ1v) is 9.38. The lowest BCUT2D eigenvalue weighted by molar-refractivity contribution is -0.159. The second-order valence-corrected chi connectivity index (χ2v) is 7.55. The van der Waals surface area contributed by atoms with Crippen molar-refractivity contribution in [2.75, 3.05) is 20.2 Å². The fourth-order valence-corrected chi connectivity index (χ4v) is 4.10. The van der Waals surface area contributed by atoms with E-state index in [1.807, 2.05) is 24.4 Å². The van der Waals surface area contributed by atoms with Gasteiger partial charge in [-0.15, -0.1) is 0 Å². The molecule has 142 valence electrons. The molecule has 0 bridgehead atoms. The summed E-state index contributed by atoms with van der Waals surface area (Å²) in [5.74, 6) is -0.0629. The van der Waals surface area contributed by atoms with Crippen LogP contribution in [0.3, 0.4) is 0 Å². The van der Waals surface area contributed by atoms with Gasteiger partial charge in [-0.05, 0) is 43.0 Å². The molecule has 0 radical (unpaired) electrons. The zero-order valence-electron chi connectivity index (χ0n) is 15.5. The van der Waals surface area contributed by atoms with E-state index in [0.29, 0.717) is 25.9 Å². The number of benzene rings is 1. The van der Waals surface area contributed by atoms with Crippen molar-refractivity contribution in [2.24, 2.45) is 5.41 Å². The van der Waals surface area contributed by atoms with Crippen LogP contribution in [0.15, 0.2) is 30.5 Å². The number of hydrogen-bond donors (Lipinski definition) is 2. The number of ether oxygens (including phenoxy) is 1. The molecule has 2 aliphatic rings. The van der Waals surface area contributed by atoms with Crippen molar-refractivity contribution in [3.63, 3.8) is 0 Å². The normalized spacial score (nSPS) is 18.7. The van der Waals surface area contributed by atoms with E-state index < -0.39 is 11.4 Å². The molecular formula is C21H24N2O4. The third kappa shape index (κ3) is 3.09. The minimum absolute atomic E-state index is 0.0482. The Bertz CT molecular complexity index is 923. The predicted molar refractivity (Wildman–Crippen MR) is 103 cm³/mol. The van der Waals surface area contributed by atoms with Gasteiger partial charge in [0.15, 0.2) is 0 Å². The van der Waals surface area contributed by atoms with E-state index in [0.717, 1.165) is 35.1 Å². The molecule has 4 rings (SSSR count). The van der Waals surface area contributed by atoms with Gasteiger partial charge in [-0.2, -0.15) is 0 Å². The summed E-state index contributed by atoms with van der Waals surface area (Å²) in [6.45, 7) is 1.15. The van der Waals surface area contributed by atoms with Gasteiger partial charge in [0.25, 0.3) is 0 Å². The van der Waals surface area contributed by atoms with Crippen LogP contribution in [-0.4, -0.2) is 47.1 Å². The first-order valence-electron chi connectivity index (χ1n) is 9.38. The maximum absolute atomic E-state index is 12.6. The lowest BCUT2D eigenvalue weighted by Crippen LogP contribution is -2.44. The second kappa shape index (κ2) is 6.76. The number of hydrogen-bond acceptors (Lipinski definition) is 3. The van der Waals surface area contributed by atoms with Gasteiger partial charge in [-0.1, -0.05) is 12.5 Å². The van der Waals surface area contributed by atoms with Gasteiger partial charge < -0.3 is 19.7 Å². The number of carbonyl (C=O) groups excluding carboxylic acids is 1. The molecule has 0 atom stereocenters. The van der Waals surface area contributed by atoms with E-state index in [4.69, 9.17) is 4.74 Å². The molecule has 6 heteroatoms. The van der Waals surface area contributed by atoms with Crippen molar-refractivity contribution in [3.8, 4) is 5.75 Å². The Balaban J connectivity index is 1.49. The Kier molecular flexibility index (Phi) is 4.42. The highest BCUT2D eigenvalue weighted by Crippen LogP contribution is 2.44. The highest BCUT2D eigenvalue weighted by Gasteiger charge is 2.46. The zero-order chi connectivity index (χ0) is 19.0. The smallest absolute Gasteiger partial charge is 0.310 e. The number of H-pyrrole nitrogens is 1. The van der Waals surface area contributed by atoms with Crippen LogP contribution in [-0.2, 0) is 9.59 Å². The van der Waals surface area contributed by atoms with Crippen LogP contribution in [0, 0.1) is 5.41 Å². The first-order chi connectivity index (χ1) is 13.0. The number of aromatic nitrogens is 1. The minimum atomic E-state index is -0.830. The molecule has 1 saturated carbocycles. The van der Waals surface area contributed by atoms with Gasteiger partial charge >= 0.3 is 5.97 Å². The quantitative estimate of drug-likeness (QED) is 0.847. The van der Waals surface area contributed by atoms with Crippen LogP contribution in [0.25, 0.3) is 16.5 Å². The summed E-state index contributed by atoms with van der Waals surface area (Å²) in [6, 6.07) is 5.95. The Morgan fingerprint density at radius 1 is 1.33 bits per heavy atom. The maximum atomic E-state index is 12.6. The number of aromatic amines is 1. The van der Waals surface area contributed by atoms with Crippen LogP contribution in [0.5, 0.6) is 5.75 Å². The molecule has 1 aliphatic carbocycles. The van der Waals surface area contributed by atoms with E-state index >= 15 is 0 Å². The fraction of sp³-hybridized carbons (Fsp3) is 0.429. The lowest BCUT2D eigenvalue weighted by Gasteiger charge is -2.39. The monoisotopic (exact) mass is 368 g/mol. The molecule has 0 spiro atoms. The number of amides is 1. The van der Waals surface area contributed by atoms with Gasteiger partial charge in [0.05, 0.1) is 12.5 Å². The number of rotatable bonds is 5. The van der Waals surface area contributed by atoms with E-state index in [2.05, 4.69) is 11.1 Å². The number of carbonyl (C=O) groups is 2. The Morgan fingerprint density at radius 2 is 2.15 bits per heavy atom. The van der Waals surface area contributed by atoms with Crippen LogP contribution in [0.4, 0.5) is 0 Å². The first kappa shape index (κ1) is 17.6. The molecular weight excluding hydrogens is 344 g/mol. The van der Waals surface area contributed by atoms with Crippen molar-refractivity contribution < 1.29 is 19.4 Å². The molecule has 2 heterocycles. The lowest BCUT2D eigenvalue weighted by atomic mass is 9.66. The highest BCUT2D eigenvalue weighted by atomic mass is 16.5. The third-order valence-electron chi connectivity index (χ3n) is 6.05. The van der Waals surface area contributed by atoms with Gasteiger partial charge in [-0.25, -0.2) is 0 Å². The third-order valence-corrected chi connectivity index (χ3v) is 6.05. The van der Waals surface area contributed by atoms with Crippen molar-refractivity contribution in [1.29, 1.82) is 0 Å². The summed E-state index contributed by atoms with van der Waals surface area (Å²) in [5, 5.41) is 10.6. The van der Waals surface area contributed by atoms with Gasteiger partial charge in [0, 0.05) is 42.2 Å². The van der Waals surface area contributed by atoms with E-state index in [-0.39, 0.29) is 12.3 Å². The van der Waals surface area contributed by atoms with Crippen LogP contribution >= 0.6 is 0 Å². The molecule has 0 saturated heterocycles. The summed E-state index contributed by atoms with van der Waals surface area (Å²) in [4.78, 5) is 29.2. The van der Waals surface area contributed by atoms with Crippen LogP contribution in [0.1, 0.15) is 37.7 Å². The van der Waals surface area contributed by atoms with Crippen molar-refractivity contribution in [1.82, 2.24) is 9.88 Å². The second-order valence-electron chi connectivity index (χ2n) is 7.55. The van der Waals surface area contributed by atoms with Crippen LogP contribution in [0.2, 0.25) is 0 Å². The fourth-order valence-electron chi connectivity index (χ4n) is 4.10. The minimum Gasteiger partial charge on any atom is -0.497 e. The molecule has 1 fully saturated rings. The molecule has 1 aliphatic heterocycles. The average molecular weight is 368 g/mol. The SMILES string of the molecule is COc1ccc2[nH]cc(C3=CCN(C(=O)CC4(C(=O)O)CCC4)CC3)c2c1. The van der Waals surface area contributed by atoms with Gasteiger partial charge in [0.1, 0.15) is 5.75 Å². The summed E-state index contributed by atoms with van der Waals surface area (Å²) in [5.41, 5.74) is 2.57. The molecule has 1 aromatic heterocycles. The number of aliphatic carboxylic acids is 1. The van der Waals surface area contributed by atoms with Gasteiger partial charge in [0.2, 0.25) is 5.91 Å². The molecule has 1 aromatic carbocycles. The van der Waals surface area contributed by atoms with E-state index in [9.17, 15) is 14.7 Å². The van der Waals surface area contributed by atoms with E-state index in [1.165, 1.54) is 5.57 Å². The number of nitrogens with one attached hydrogen (secondary N) is 1. The van der Waals surface area contributed by atoms with Crippen molar-refractivity contribution in [2.45, 2.75) is 32.1 Å². The number of methoxy groups -OCH3 is 1. The summed E-state index contributed by atoms with van der Waals surface area (Å²) in [6.07, 6.45) is 7.08. The number of carboxylic acid groups (broad SMARTS) is 1. The van der Waals surface area contributed by atoms with Gasteiger partial charge in [-0.3, -0.25) is 9.59 Å². The van der Waals surface area contributed by atoms with Crippen LogP contribution < -0.4 is 4.74 Å². The predicted octanol–water partition coefficient (Wildman–Crippen LogP) is 3.44. The maximum Gasteiger partial charge on any atom is 0.310 e. The molecule has 27 heavy (non-hydrogen) atoms. The van der Waals surface area contributed by atoms with Crippen molar-refractivity contribution in [3.05, 3.63) is 36.0 Å². The summed E-state index contributed by atoms with van der Waals surface area (Å²) < 4.78 is 5.33. The Hall–Kier alpha value is -2.76. The molecule has 1 amide bonds. The van der Waals surface area contributed by atoms with Crippen molar-refractivity contribution >= 4 is 28.4 Å². The number of fused-ring (bicyclic) bond motifs is 1. The Labute approximate surface area is 157 Å². The number of nitrogens with zero attached hydrogens (tertiary/aromatic N) is 1. The Morgan fingerprint density at radius 3 is 2.74 bits per heavy atom. The number of carboxylic acids is 1.